The van der Waals surface area contributed by atoms with E-state index in [9.17, 15) is 4.79 Å². The zero-order chi connectivity index (χ0) is 12.5. The van der Waals surface area contributed by atoms with Gasteiger partial charge in [-0.05, 0) is 32.6 Å². The highest BCUT2D eigenvalue weighted by Crippen LogP contribution is 2.42. The van der Waals surface area contributed by atoms with Crippen LogP contribution in [0.4, 0.5) is 0 Å². The van der Waals surface area contributed by atoms with Crippen molar-refractivity contribution >= 4 is 23.1 Å². The summed E-state index contributed by atoms with van der Waals surface area (Å²) < 4.78 is 5.46. The molecule has 0 aromatic carbocycles. The molecule has 2 rings (SSSR count). The molecule has 3 N–H and O–H groups in total. The van der Waals surface area contributed by atoms with Crippen LogP contribution >= 0.6 is 12.2 Å². The number of hydrogen-bond donors (Lipinski definition) is 2. The summed E-state index contributed by atoms with van der Waals surface area (Å²) in [6.07, 6.45) is 4.77. The smallest absolute Gasteiger partial charge is 0.233 e. The highest BCUT2D eigenvalue weighted by atomic mass is 32.1. The Labute approximate surface area is 107 Å². The number of amides is 1. The Balaban J connectivity index is 1.80. The highest BCUT2D eigenvalue weighted by molar-refractivity contribution is 7.80. The third-order valence-corrected chi connectivity index (χ3v) is 4.34. The first-order valence-corrected chi connectivity index (χ1v) is 6.72. The van der Waals surface area contributed by atoms with Crippen LogP contribution in [-0.2, 0) is 9.53 Å². The van der Waals surface area contributed by atoms with Gasteiger partial charge in [0.2, 0.25) is 5.91 Å². The molecule has 0 unspecified atom stereocenters. The minimum absolute atomic E-state index is 0.0243. The molecule has 1 amide bonds. The molecule has 0 atom stereocenters. The number of hydrogen-bond acceptors (Lipinski definition) is 3. The quantitative estimate of drug-likeness (QED) is 0.724. The van der Waals surface area contributed by atoms with Crippen LogP contribution in [0.2, 0.25) is 0 Å². The van der Waals surface area contributed by atoms with Gasteiger partial charge in [0.05, 0.1) is 16.5 Å². The van der Waals surface area contributed by atoms with E-state index in [2.05, 4.69) is 5.32 Å². The average molecular weight is 256 g/mol. The van der Waals surface area contributed by atoms with Crippen molar-refractivity contribution in [2.75, 3.05) is 6.61 Å². The van der Waals surface area contributed by atoms with Crippen LogP contribution in [0.15, 0.2) is 0 Å². The fourth-order valence-corrected chi connectivity index (χ4v) is 2.79. The van der Waals surface area contributed by atoms with E-state index in [0.29, 0.717) is 11.1 Å². The van der Waals surface area contributed by atoms with Crippen LogP contribution < -0.4 is 11.1 Å². The number of thiocarbonyl (C=S) groups is 1. The summed E-state index contributed by atoms with van der Waals surface area (Å²) in [6.45, 7) is 2.73. The van der Waals surface area contributed by atoms with Gasteiger partial charge in [0.1, 0.15) is 0 Å². The molecule has 0 aliphatic heterocycles. The Kier molecular flexibility index (Phi) is 3.68. The normalized spacial score (nSPS) is 29.9. The maximum absolute atomic E-state index is 12.1. The van der Waals surface area contributed by atoms with Crippen LogP contribution in [0.3, 0.4) is 0 Å². The van der Waals surface area contributed by atoms with E-state index < -0.39 is 5.41 Å². The first-order valence-electron chi connectivity index (χ1n) is 6.31. The van der Waals surface area contributed by atoms with Crippen molar-refractivity contribution in [2.24, 2.45) is 11.1 Å². The van der Waals surface area contributed by atoms with Gasteiger partial charge < -0.3 is 15.8 Å². The largest absolute Gasteiger partial charge is 0.392 e. The Morgan fingerprint density at radius 1 is 1.53 bits per heavy atom. The average Bonchev–Trinajstić information content (AvgIpc) is 2.11. The number of carbonyl (C=O) groups is 1. The fraction of sp³-hybridized carbons (Fsp3) is 0.833. The number of ether oxygens (including phenoxy) is 1. The van der Waals surface area contributed by atoms with Crippen molar-refractivity contribution in [3.8, 4) is 0 Å². The van der Waals surface area contributed by atoms with E-state index in [4.69, 9.17) is 22.7 Å². The molecule has 0 bridgehead atoms. The van der Waals surface area contributed by atoms with Crippen LogP contribution in [0.1, 0.15) is 39.0 Å². The lowest BCUT2D eigenvalue weighted by Gasteiger charge is -2.42. The zero-order valence-corrected chi connectivity index (χ0v) is 11.0. The molecule has 2 saturated carbocycles. The van der Waals surface area contributed by atoms with Crippen LogP contribution in [-0.4, -0.2) is 29.6 Å². The van der Waals surface area contributed by atoms with Crippen LogP contribution in [0.5, 0.6) is 0 Å². The lowest BCUT2D eigenvalue weighted by Crippen LogP contribution is -2.58. The van der Waals surface area contributed by atoms with Crippen LogP contribution in [0.25, 0.3) is 0 Å². The number of nitrogens with one attached hydrogen (secondary N) is 1. The lowest BCUT2D eigenvalue weighted by molar-refractivity contribution is -0.133. The summed E-state index contributed by atoms with van der Waals surface area (Å²) >= 11 is 5.02. The predicted molar refractivity (Wildman–Crippen MR) is 69.6 cm³/mol. The van der Waals surface area contributed by atoms with Gasteiger partial charge in [0.15, 0.2) is 0 Å². The summed E-state index contributed by atoms with van der Waals surface area (Å²) in [7, 11) is 0. The van der Waals surface area contributed by atoms with Gasteiger partial charge in [0, 0.05) is 12.6 Å². The van der Waals surface area contributed by atoms with Gasteiger partial charge in [-0.2, -0.15) is 0 Å². The summed E-state index contributed by atoms with van der Waals surface area (Å²) in [6, 6.07) is 0.242. The van der Waals surface area contributed by atoms with Gasteiger partial charge in [-0.25, -0.2) is 0 Å². The third kappa shape index (κ3) is 2.31. The highest BCUT2D eigenvalue weighted by Gasteiger charge is 2.48. The maximum Gasteiger partial charge on any atom is 0.233 e. The van der Waals surface area contributed by atoms with E-state index in [1.165, 1.54) is 0 Å². The molecule has 0 aromatic heterocycles. The van der Waals surface area contributed by atoms with Gasteiger partial charge in [0.25, 0.3) is 0 Å². The summed E-state index contributed by atoms with van der Waals surface area (Å²) in [5.41, 5.74) is 5.14. The molecule has 2 aliphatic carbocycles. The first kappa shape index (κ1) is 12.8. The number of nitrogens with two attached hydrogens (primary N) is 1. The summed E-state index contributed by atoms with van der Waals surface area (Å²) in [5, 5.41) is 3.04. The van der Waals surface area contributed by atoms with Crippen LogP contribution in [0, 0.1) is 5.41 Å². The minimum atomic E-state index is -0.550. The summed E-state index contributed by atoms with van der Waals surface area (Å²) in [4.78, 5) is 12.5. The third-order valence-electron chi connectivity index (χ3n) is 3.95. The second kappa shape index (κ2) is 4.90. The molecule has 0 radical (unpaired) electrons. The molecule has 0 saturated heterocycles. The molecule has 2 aliphatic rings. The molecular formula is C12H20N2O2S. The van der Waals surface area contributed by atoms with Crippen molar-refractivity contribution < 1.29 is 9.53 Å². The fourth-order valence-electron chi connectivity index (χ4n) is 2.49. The number of rotatable bonds is 5. The standard InChI is InChI=1S/C12H20N2O2S/c1-2-16-9-6-8(7-9)14-11(15)12(10(13)17)4-3-5-12/h8-9H,2-7H2,1H3,(H2,13,17)(H,14,15). The van der Waals surface area contributed by atoms with Crippen molar-refractivity contribution in [1.82, 2.24) is 5.32 Å². The molecule has 17 heavy (non-hydrogen) atoms. The molecule has 4 nitrogen and oxygen atoms in total. The SMILES string of the molecule is CCOC1CC(NC(=O)C2(C(N)=S)CCC2)C1. The second-order valence-corrected chi connectivity index (χ2v) is 5.46. The van der Waals surface area contributed by atoms with Gasteiger partial charge >= 0.3 is 0 Å². The lowest BCUT2D eigenvalue weighted by atomic mass is 9.67. The van der Waals surface area contributed by atoms with Crippen molar-refractivity contribution in [3.63, 3.8) is 0 Å². The Hall–Kier alpha value is -0.680. The van der Waals surface area contributed by atoms with Crippen molar-refractivity contribution in [2.45, 2.75) is 51.2 Å². The number of carbonyl (C=O) groups excluding carboxylic acids is 1. The van der Waals surface area contributed by atoms with E-state index in [1.807, 2.05) is 6.92 Å². The molecule has 0 spiro atoms. The Bertz CT molecular complexity index is 322. The molecule has 0 aromatic rings. The molecule has 0 heterocycles. The maximum atomic E-state index is 12.1. The van der Waals surface area contributed by atoms with E-state index >= 15 is 0 Å². The van der Waals surface area contributed by atoms with Crippen molar-refractivity contribution in [1.29, 1.82) is 0 Å². The minimum Gasteiger partial charge on any atom is -0.392 e. The molecule has 5 heteroatoms. The second-order valence-electron chi connectivity index (χ2n) is 5.02. The molecule has 2 fully saturated rings. The molecule has 96 valence electrons. The molecular weight excluding hydrogens is 236 g/mol. The van der Waals surface area contributed by atoms with Gasteiger partial charge in [-0.1, -0.05) is 18.6 Å². The predicted octanol–water partition coefficient (Wildman–Crippen LogP) is 1.13. The topological polar surface area (TPSA) is 64.3 Å². The first-order chi connectivity index (χ1) is 8.08. The summed E-state index contributed by atoms with van der Waals surface area (Å²) in [5.74, 6) is 0.0243. The Morgan fingerprint density at radius 2 is 2.18 bits per heavy atom. The van der Waals surface area contributed by atoms with Gasteiger partial charge in [-0.3, -0.25) is 4.79 Å². The van der Waals surface area contributed by atoms with Crippen molar-refractivity contribution in [3.05, 3.63) is 0 Å². The monoisotopic (exact) mass is 256 g/mol. The van der Waals surface area contributed by atoms with E-state index in [0.717, 1.165) is 38.7 Å². The Morgan fingerprint density at radius 3 is 2.59 bits per heavy atom. The van der Waals surface area contributed by atoms with Gasteiger partial charge in [-0.15, -0.1) is 0 Å². The zero-order valence-electron chi connectivity index (χ0n) is 10.2. The van der Waals surface area contributed by atoms with E-state index in [-0.39, 0.29) is 11.9 Å². The van der Waals surface area contributed by atoms with E-state index in [1.54, 1.807) is 0 Å².